The summed E-state index contributed by atoms with van der Waals surface area (Å²) in [4.78, 5) is 23.2. The Morgan fingerprint density at radius 2 is 2.00 bits per heavy atom. The normalized spacial score (nSPS) is 16.8. The zero-order valence-electron chi connectivity index (χ0n) is 11.2. The molecule has 0 aliphatic carbocycles. The van der Waals surface area contributed by atoms with Gasteiger partial charge in [-0.25, -0.2) is 0 Å². The fourth-order valence-electron chi connectivity index (χ4n) is 1.98. The predicted octanol–water partition coefficient (Wildman–Crippen LogP) is 0.746. The molecule has 6 nitrogen and oxygen atoms in total. The third-order valence-electron chi connectivity index (χ3n) is 2.98. The van der Waals surface area contributed by atoms with Crippen LogP contribution in [0.5, 0.6) is 5.75 Å². The minimum Gasteiger partial charge on any atom is -0.508 e. The quantitative estimate of drug-likeness (QED) is 0.788. The highest BCUT2D eigenvalue weighted by Crippen LogP contribution is 2.16. The summed E-state index contributed by atoms with van der Waals surface area (Å²) in [6.07, 6.45) is 1.60. The largest absolute Gasteiger partial charge is 0.508 e. The molecule has 0 aromatic heterocycles. The summed E-state index contributed by atoms with van der Waals surface area (Å²) in [5, 5.41) is 17.0. The number of hydrogen-bond acceptors (Lipinski definition) is 4. The molecule has 2 rings (SSSR count). The van der Waals surface area contributed by atoms with Crippen molar-refractivity contribution in [3.8, 4) is 11.8 Å². The maximum absolute atomic E-state index is 10.9. The number of likely N-dealkylation sites (tertiary alicyclic amines) is 1. The van der Waals surface area contributed by atoms with Crippen LogP contribution in [0, 0.1) is 11.3 Å². The fraction of sp³-hybridized carbons (Fsp3) is 0.357. The molecule has 1 atom stereocenters. The van der Waals surface area contributed by atoms with E-state index in [4.69, 9.17) is 16.1 Å². The van der Waals surface area contributed by atoms with Crippen LogP contribution in [-0.2, 0) is 9.59 Å². The van der Waals surface area contributed by atoms with Gasteiger partial charge < -0.3 is 15.7 Å². The summed E-state index contributed by atoms with van der Waals surface area (Å²) >= 11 is 0. The topological polar surface area (TPSA) is 107 Å². The highest BCUT2D eigenvalue weighted by molar-refractivity contribution is 5.86. The SMILES string of the molecule is CC(=O)N1CCCC1C(N)=O.N#Cc1ccc(O)cc1. The molecule has 0 spiro atoms. The second-order valence-electron chi connectivity index (χ2n) is 4.43. The lowest BCUT2D eigenvalue weighted by molar-refractivity contribution is -0.135. The average molecular weight is 275 g/mol. The lowest BCUT2D eigenvalue weighted by Gasteiger charge is -2.19. The van der Waals surface area contributed by atoms with E-state index in [1.54, 1.807) is 12.1 Å². The Morgan fingerprint density at radius 1 is 1.40 bits per heavy atom. The number of phenolic OH excluding ortho intramolecular Hbond substituents is 1. The molecule has 1 aliphatic rings. The van der Waals surface area contributed by atoms with Gasteiger partial charge in [-0.2, -0.15) is 5.26 Å². The molecule has 1 unspecified atom stereocenters. The summed E-state index contributed by atoms with van der Waals surface area (Å²) in [6, 6.07) is 7.69. The average Bonchev–Trinajstić information content (AvgIpc) is 2.90. The van der Waals surface area contributed by atoms with Gasteiger partial charge in [0.05, 0.1) is 11.6 Å². The van der Waals surface area contributed by atoms with E-state index in [0.29, 0.717) is 12.1 Å². The molecule has 0 saturated carbocycles. The van der Waals surface area contributed by atoms with Crippen LogP contribution in [0.1, 0.15) is 25.3 Å². The van der Waals surface area contributed by atoms with Crippen molar-refractivity contribution < 1.29 is 14.7 Å². The molecule has 20 heavy (non-hydrogen) atoms. The number of nitriles is 1. The van der Waals surface area contributed by atoms with Gasteiger partial charge in [0.25, 0.3) is 0 Å². The summed E-state index contributed by atoms with van der Waals surface area (Å²) in [6.45, 7) is 2.13. The number of primary amides is 1. The molecule has 1 aromatic rings. The molecule has 1 saturated heterocycles. The molecule has 3 N–H and O–H groups in total. The molecule has 6 heteroatoms. The number of hydrogen-bond donors (Lipinski definition) is 2. The molecule has 106 valence electrons. The third kappa shape index (κ3) is 4.28. The Kier molecular flexibility index (Phi) is 5.54. The minimum atomic E-state index is -0.391. The van der Waals surface area contributed by atoms with E-state index in [1.807, 2.05) is 6.07 Å². The van der Waals surface area contributed by atoms with Crippen molar-refractivity contribution >= 4 is 11.8 Å². The van der Waals surface area contributed by atoms with Gasteiger partial charge in [0.1, 0.15) is 11.8 Å². The van der Waals surface area contributed by atoms with Crippen LogP contribution in [0.4, 0.5) is 0 Å². The van der Waals surface area contributed by atoms with Gasteiger partial charge in [0.2, 0.25) is 11.8 Å². The van der Waals surface area contributed by atoms with E-state index in [1.165, 1.54) is 24.0 Å². The number of carbonyl (C=O) groups excluding carboxylic acids is 2. The first kappa shape index (κ1) is 15.5. The van der Waals surface area contributed by atoms with Crippen molar-refractivity contribution in [3.63, 3.8) is 0 Å². The van der Waals surface area contributed by atoms with Crippen LogP contribution >= 0.6 is 0 Å². The van der Waals surface area contributed by atoms with Gasteiger partial charge in [-0.05, 0) is 37.1 Å². The maximum atomic E-state index is 10.9. The zero-order chi connectivity index (χ0) is 15.1. The lowest BCUT2D eigenvalue weighted by Crippen LogP contribution is -2.42. The monoisotopic (exact) mass is 275 g/mol. The van der Waals surface area contributed by atoms with Crippen molar-refractivity contribution in [2.24, 2.45) is 5.73 Å². The van der Waals surface area contributed by atoms with Gasteiger partial charge >= 0.3 is 0 Å². The molecule has 2 amide bonds. The third-order valence-corrected chi connectivity index (χ3v) is 2.98. The van der Waals surface area contributed by atoms with Gasteiger partial charge in [0.15, 0.2) is 0 Å². The Hall–Kier alpha value is -2.55. The predicted molar refractivity (Wildman–Crippen MR) is 72.4 cm³/mol. The molecule has 1 fully saturated rings. The first-order chi connectivity index (χ1) is 9.45. The number of rotatable bonds is 1. The molecular weight excluding hydrogens is 258 g/mol. The number of nitrogens with two attached hydrogens (primary N) is 1. The van der Waals surface area contributed by atoms with Crippen LogP contribution in [-0.4, -0.2) is 34.4 Å². The van der Waals surface area contributed by atoms with Crippen molar-refractivity contribution in [2.75, 3.05) is 6.54 Å². The Labute approximate surface area is 117 Å². The van der Waals surface area contributed by atoms with Gasteiger partial charge in [-0.15, -0.1) is 0 Å². The first-order valence-electron chi connectivity index (χ1n) is 6.21. The van der Waals surface area contributed by atoms with Crippen molar-refractivity contribution in [3.05, 3.63) is 29.8 Å². The van der Waals surface area contributed by atoms with Crippen LogP contribution < -0.4 is 5.73 Å². The minimum absolute atomic E-state index is 0.0636. The molecular formula is C14H17N3O3. The molecule has 1 aromatic carbocycles. The zero-order valence-corrected chi connectivity index (χ0v) is 11.2. The number of phenols is 1. The summed E-state index contributed by atoms with van der Waals surface area (Å²) in [5.41, 5.74) is 5.66. The molecule has 1 aliphatic heterocycles. The van der Waals surface area contributed by atoms with Crippen LogP contribution in [0.15, 0.2) is 24.3 Å². The number of benzene rings is 1. The number of aromatic hydroxyl groups is 1. The number of amides is 2. The first-order valence-corrected chi connectivity index (χ1v) is 6.21. The second-order valence-corrected chi connectivity index (χ2v) is 4.43. The van der Waals surface area contributed by atoms with E-state index in [-0.39, 0.29) is 17.7 Å². The van der Waals surface area contributed by atoms with E-state index in [2.05, 4.69) is 0 Å². The molecule has 0 bridgehead atoms. The fourth-order valence-corrected chi connectivity index (χ4v) is 1.98. The second kappa shape index (κ2) is 7.14. The van der Waals surface area contributed by atoms with Gasteiger partial charge in [-0.3, -0.25) is 9.59 Å². The van der Waals surface area contributed by atoms with Crippen LogP contribution in [0.3, 0.4) is 0 Å². The summed E-state index contributed by atoms with van der Waals surface area (Å²) < 4.78 is 0. The smallest absolute Gasteiger partial charge is 0.240 e. The van der Waals surface area contributed by atoms with Crippen LogP contribution in [0.2, 0.25) is 0 Å². The number of nitrogens with zero attached hydrogens (tertiary/aromatic N) is 2. The van der Waals surface area contributed by atoms with Crippen molar-refractivity contribution in [2.45, 2.75) is 25.8 Å². The Morgan fingerprint density at radius 3 is 2.40 bits per heavy atom. The van der Waals surface area contributed by atoms with Gasteiger partial charge in [-0.1, -0.05) is 0 Å². The summed E-state index contributed by atoms with van der Waals surface area (Å²) in [5.74, 6) is -0.266. The van der Waals surface area contributed by atoms with Crippen LogP contribution in [0.25, 0.3) is 0 Å². The Bertz CT molecular complexity index is 499. The van der Waals surface area contributed by atoms with Crippen molar-refractivity contribution in [1.29, 1.82) is 5.26 Å². The molecule has 1 heterocycles. The van der Waals surface area contributed by atoms with Crippen molar-refractivity contribution in [1.82, 2.24) is 4.90 Å². The standard InChI is InChI=1S/C7H12N2O2.C7H5NO/c1-5(10)9-4-2-3-6(9)7(8)11;8-5-6-1-3-7(9)4-2-6/h6H,2-4H2,1H3,(H2,8,11);1-4,9H. The molecule has 0 radical (unpaired) electrons. The summed E-state index contributed by atoms with van der Waals surface area (Å²) in [7, 11) is 0. The van der Waals surface area contributed by atoms with E-state index >= 15 is 0 Å². The lowest BCUT2D eigenvalue weighted by atomic mass is 10.2. The van der Waals surface area contributed by atoms with E-state index in [9.17, 15) is 9.59 Å². The maximum Gasteiger partial charge on any atom is 0.240 e. The van der Waals surface area contributed by atoms with Gasteiger partial charge in [0, 0.05) is 13.5 Å². The number of carbonyl (C=O) groups is 2. The van der Waals surface area contributed by atoms with E-state index in [0.717, 1.165) is 12.8 Å². The Balaban J connectivity index is 0.000000204. The highest BCUT2D eigenvalue weighted by atomic mass is 16.3. The highest BCUT2D eigenvalue weighted by Gasteiger charge is 2.30. The van der Waals surface area contributed by atoms with E-state index < -0.39 is 5.91 Å².